The van der Waals surface area contributed by atoms with Gasteiger partial charge in [-0.25, -0.2) is 23.5 Å². The van der Waals surface area contributed by atoms with Crippen molar-refractivity contribution < 1.29 is 0 Å². The van der Waals surface area contributed by atoms with Crippen LogP contribution < -0.4 is 11.4 Å². The van der Waals surface area contributed by atoms with E-state index in [1.165, 1.54) is 4.57 Å². The van der Waals surface area contributed by atoms with Crippen molar-refractivity contribution in [2.24, 2.45) is 0 Å². The van der Waals surface area contributed by atoms with Crippen molar-refractivity contribution in [2.75, 3.05) is 0 Å². The molecule has 0 saturated heterocycles. The monoisotopic (exact) mass is 235 g/mol. The zero-order valence-corrected chi connectivity index (χ0v) is 10.4. The first kappa shape index (κ1) is 10.6. The first-order chi connectivity index (χ1) is 7.91. The average Bonchev–Trinajstić information content (AvgIpc) is 2.54. The fraction of sp³-hybridized carbons (Fsp3) is 0.667. The van der Waals surface area contributed by atoms with E-state index in [9.17, 15) is 9.59 Å². The Hall–Kier alpha value is -1.52. The Morgan fingerprint density at radius 1 is 1.00 bits per heavy atom. The molecule has 2 aliphatic heterocycles. The summed E-state index contributed by atoms with van der Waals surface area (Å²) in [5, 5.41) is 0. The van der Waals surface area contributed by atoms with Crippen molar-refractivity contribution in [1.82, 2.24) is 13.9 Å². The summed E-state index contributed by atoms with van der Waals surface area (Å²) < 4.78 is 4.62. The van der Waals surface area contributed by atoms with E-state index in [2.05, 4.69) is 0 Å². The maximum Gasteiger partial charge on any atom is 0.348 e. The summed E-state index contributed by atoms with van der Waals surface area (Å²) in [5.41, 5.74) is -0.826. The number of aromatic nitrogens is 3. The molecule has 3 aliphatic rings. The first-order valence-corrected chi connectivity index (χ1v) is 6.06. The van der Waals surface area contributed by atoms with Crippen LogP contribution >= 0.6 is 0 Å². The van der Waals surface area contributed by atoms with Gasteiger partial charge in [-0.15, -0.1) is 0 Å². The van der Waals surface area contributed by atoms with E-state index in [1.807, 2.05) is 32.9 Å². The summed E-state index contributed by atoms with van der Waals surface area (Å²) in [5.74, 6) is 0. The van der Waals surface area contributed by atoms with E-state index in [-0.39, 0.29) is 23.5 Å². The van der Waals surface area contributed by atoms with Gasteiger partial charge < -0.3 is 0 Å². The predicted molar refractivity (Wildman–Crippen MR) is 64.4 cm³/mol. The Morgan fingerprint density at radius 3 is 1.71 bits per heavy atom. The van der Waals surface area contributed by atoms with Crippen LogP contribution in [0.3, 0.4) is 0 Å². The summed E-state index contributed by atoms with van der Waals surface area (Å²) in [6, 6.07) is 0.118. The molecular weight excluding hydrogens is 218 g/mol. The van der Waals surface area contributed by atoms with Crippen molar-refractivity contribution >= 4 is 0 Å². The van der Waals surface area contributed by atoms with Crippen LogP contribution in [0.5, 0.6) is 0 Å². The highest BCUT2D eigenvalue weighted by Gasteiger charge is 2.35. The Morgan fingerprint density at radius 2 is 1.41 bits per heavy atom. The summed E-state index contributed by atoms with van der Waals surface area (Å²) in [4.78, 5) is 24.7. The fourth-order valence-electron chi connectivity index (χ4n) is 2.85. The molecule has 5 nitrogen and oxygen atoms in total. The van der Waals surface area contributed by atoms with Crippen molar-refractivity contribution in [2.45, 2.75) is 51.2 Å². The largest absolute Gasteiger partial charge is 0.348 e. The molecule has 17 heavy (non-hydrogen) atoms. The van der Waals surface area contributed by atoms with Gasteiger partial charge in [-0.1, -0.05) is 12.2 Å². The Bertz CT molecular complexity index is 564. The summed E-state index contributed by atoms with van der Waals surface area (Å²) in [6.45, 7) is 5.66. The molecule has 1 aromatic rings. The molecule has 4 rings (SSSR count). The van der Waals surface area contributed by atoms with Crippen molar-refractivity contribution in [3.05, 3.63) is 33.1 Å². The topological polar surface area (TPSA) is 48.9 Å². The van der Waals surface area contributed by atoms with Gasteiger partial charge in [-0.2, -0.15) is 0 Å². The lowest BCUT2D eigenvalue weighted by Crippen LogP contribution is -2.40. The number of hydrogen-bond donors (Lipinski definition) is 0. The minimum absolute atomic E-state index is 0.0591. The van der Waals surface area contributed by atoms with Gasteiger partial charge in [0.1, 0.15) is 0 Å². The number of fused-ring (bicyclic) bond motifs is 1. The quantitative estimate of drug-likeness (QED) is 0.630. The minimum atomic E-state index is -0.467. The zero-order valence-electron chi connectivity index (χ0n) is 10.4. The molecule has 0 aromatic carbocycles. The van der Waals surface area contributed by atoms with Crippen LogP contribution in [0.2, 0.25) is 0 Å². The van der Waals surface area contributed by atoms with Gasteiger partial charge >= 0.3 is 11.4 Å². The Kier molecular flexibility index (Phi) is 1.89. The van der Waals surface area contributed by atoms with E-state index < -0.39 is 5.54 Å². The smallest absolute Gasteiger partial charge is 0.246 e. The standard InChI is InChI=1S/C12H17N3O2/c1-12(2,3)13-10(16)14-8-4-5-9(7-6-8)15(14)11(13)17/h4-5,8-9H,6-7H2,1-3H3. The first-order valence-electron chi connectivity index (χ1n) is 6.06. The highest BCUT2D eigenvalue weighted by atomic mass is 16.2. The molecule has 2 unspecified atom stereocenters. The number of hydrogen-bond acceptors (Lipinski definition) is 2. The molecule has 0 radical (unpaired) electrons. The highest BCUT2D eigenvalue weighted by molar-refractivity contribution is 5.09. The summed E-state index contributed by atoms with van der Waals surface area (Å²) >= 11 is 0. The minimum Gasteiger partial charge on any atom is -0.246 e. The van der Waals surface area contributed by atoms with Crippen LogP contribution in [0.15, 0.2) is 21.7 Å². The second kappa shape index (κ2) is 3.03. The van der Waals surface area contributed by atoms with Crippen molar-refractivity contribution in [1.29, 1.82) is 0 Å². The third-order valence-corrected chi connectivity index (χ3v) is 3.62. The number of nitrogens with zero attached hydrogens (tertiary/aromatic N) is 3. The second-order valence-corrected chi connectivity index (χ2v) is 5.86. The van der Waals surface area contributed by atoms with Crippen molar-refractivity contribution in [3.63, 3.8) is 0 Å². The van der Waals surface area contributed by atoms with Crippen LogP contribution in [0.25, 0.3) is 0 Å². The maximum atomic E-state index is 12.3. The SMILES string of the molecule is CC(C)(C)n1c(=O)n2n(c1=O)C1C=CC2CC1. The molecule has 0 N–H and O–H groups in total. The molecule has 1 aliphatic carbocycles. The molecule has 0 amide bonds. The Balaban J connectivity index is 2.37. The van der Waals surface area contributed by atoms with Gasteiger partial charge in [0.05, 0.1) is 12.1 Å². The van der Waals surface area contributed by atoms with Gasteiger partial charge in [0.15, 0.2) is 0 Å². The maximum absolute atomic E-state index is 12.3. The molecule has 2 atom stereocenters. The van der Waals surface area contributed by atoms with Crippen LogP contribution in [0.4, 0.5) is 0 Å². The van der Waals surface area contributed by atoms with Crippen LogP contribution in [0, 0.1) is 0 Å². The van der Waals surface area contributed by atoms with Crippen LogP contribution in [-0.2, 0) is 5.54 Å². The third-order valence-electron chi connectivity index (χ3n) is 3.62. The lowest BCUT2D eigenvalue weighted by molar-refractivity contribution is 0.257. The molecule has 1 aromatic heterocycles. The van der Waals surface area contributed by atoms with E-state index in [4.69, 9.17) is 0 Å². The normalized spacial score (nSPS) is 26.3. The van der Waals surface area contributed by atoms with Gasteiger partial charge in [-0.05, 0) is 33.6 Å². The lowest BCUT2D eigenvalue weighted by Gasteiger charge is -2.32. The summed E-state index contributed by atoms with van der Waals surface area (Å²) in [6.07, 6.45) is 5.99. The molecule has 2 bridgehead atoms. The van der Waals surface area contributed by atoms with Crippen LogP contribution in [0.1, 0.15) is 45.7 Å². The van der Waals surface area contributed by atoms with Crippen LogP contribution in [-0.4, -0.2) is 13.9 Å². The summed E-state index contributed by atoms with van der Waals surface area (Å²) in [7, 11) is 0. The van der Waals surface area contributed by atoms with E-state index in [1.54, 1.807) is 9.36 Å². The molecule has 92 valence electrons. The molecule has 0 saturated carbocycles. The van der Waals surface area contributed by atoms with Gasteiger partial charge in [0.2, 0.25) is 0 Å². The molecular formula is C12H17N3O2. The molecule has 0 spiro atoms. The van der Waals surface area contributed by atoms with Gasteiger partial charge in [0, 0.05) is 5.54 Å². The van der Waals surface area contributed by atoms with E-state index in [0.29, 0.717) is 0 Å². The third kappa shape index (κ3) is 1.25. The van der Waals surface area contributed by atoms with Gasteiger partial charge in [0.25, 0.3) is 0 Å². The Labute approximate surface area is 98.9 Å². The number of rotatable bonds is 0. The lowest BCUT2D eigenvalue weighted by atomic mass is 9.96. The predicted octanol–water partition coefficient (Wildman–Crippen LogP) is 1.01. The second-order valence-electron chi connectivity index (χ2n) is 5.86. The van der Waals surface area contributed by atoms with E-state index in [0.717, 1.165) is 12.8 Å². The van der Waals surface area contributed by atoms with Gasteiger partial charge in [-0.3, -0.25) is 0 Å². The van der Waals surface area contributed by atoms with E-state index >= 15 is 0 Å². The molecule has 3 heterocycles. The zero-order chi connectivity index (χ0) is 12.4. The average molecular weight is 235 g/mol. The molecule has 0 fully saturated rings. The number of allylic oxidation sites excluding steroid dienone is 2. The van der Waals surface area contributed by atoms with Crippen molar-refractivity contribution in [3.8, 4) is 0 Å². The highest BCUT2D eigenvalue weighted by Crippen LogP contribution is 2.33. The molecule has 5 heteroatoms. The fourth-order valence-corrected chi connectivity index (χ4v) is 2.85.